The zero-order chi connectivity index (χ0) is 16.9. The Bertz CT molecular complexity index is 800. The number of nitro groups is 1. The van der Waals surface area contributed by atoms with Crippen molar-refractivity contribution in [1.29, 1.82) is 0 Å². The molecule has 0 N–H and O–H groups in total. The Kier molecular flexibility index (Phi) is 4.42. The summed E-state index contributed by atoms with van der Waals surface area (Å²) in [4.78, 5) is 22.4. The second-order valence-corrected chi connectivity index (χ2v) is 4.94. The van der Waals surface area contributed by atoms with Gasteiger partial charge in [-0.15, -0.1) is 0 Å². The van der Waals surface area contributed by atoms with Gasteiger partial charge in [0.25, 0.3) is 5.69 Å². The highest BCUT2D eigenvalue weighted by Crippen LogP contribution is 2.38. The quantitative estimate of drug-likeness (QED) is 0.363. The topological polar surface area (TPSA) is 87.9 Å². The number of carbonyl (C=O) groups is 1. The number of hydrogen-bond acceptors (Lipinski definition) is 6. The summed E-state index contributed by atoms with van der Waals surface area (Å²) < 4.78 is 15.4. The maximum absolute atomic E-state index is 11.8. The first-order chi connectivity index (χ1) is 11.6. The fraction of sp³-hybridized carbons (Fsp3) is 0.118. The molecule has 24 heavy (non-hydrogen) atoms. The summed E-state index contributed by atoms with van der Waals surface area (Å²) in [5, 5.41) is 11.1. The van der Waals surface area contributed by atoms with Crippen molar-refractivity contribution in [2.24, 2.45) is 0 Å². The van der Waals surface area contributed by atoms with Crippen LogP contribution in [0.25, 0.3) is 6.08 Å². The van der Waals surface area contributed by atoms with Crippen LogP contribution in [0.4, 0.5) is 5.69 Å². The number of hydrogen-bond donors (Lipinski definition) is 0. The van der Waals surface area contributed by atoms with E-state index in [1.165, 1.54) is 18.2 Å². The molecule has 0 bridgehead atoms. The molecule has 1 aliphatic heterocycles. The van der Waals surface area contributed by atoms with Gasteiger partial charge in [0.2, 0.25) is 6.79 Å². The lowest BCUT2D eigenvalue weighted by atomic mass is 10.1. The molecule has 122 valence electrons. The second-order valence-electron chi connectivity index (χ2n) is 4.94. The predicted octanol–water partition coefficient (Wildman–Crippen LogP) is 3.08. The average Bonchev–Trinajstić information content (AvgIpc) is 3.05. The zero-order valence-electron chi connectivity index (χ0n) is 12.5. The molecule has 1 heterocycles. The molecule has 7 heteroatoms. The van der Waals surface area contributed by atoms with Gasteiger partial charge in [-0.1, -0.05) is 30.3 Å². The molecular formula is C17H13NO6. The number of carbonyl (C=O) groups excluding carboxylic acids is 1. The van der Waals surface area contributed by atoms with Crippen molar-refractivity contribution in [2.45, 2.75) is 6.61 Å². The third-order valence-electron chi connectivity index (χ3n) is 3.35. The van der Waals surface area contributed by atoms with E-state index in [9.17, 15) is 14.9 Å². The van der Waals surface area contributed by atoms with Crippen LogP contribution in [0.5, 0.6) is 11.5 Å². The molecule has 0 saturated heterocycles. The molecule has 0 unspecified atom stereocenters. The molecule has 0 amide bonds. The van der Waals surface area contributed by atoms with Gasteiger partial charge in [0.1, 0.15) is 6.61 Å². The van der Waals surface area contributed by atoms with Crippen molar-refractivity contribution in [1.82, 2.24) is 0 Å². The summed E-state index contributed by atoms with van der Waals surface area (Å²) in [6, 6.07) is 12.0. The van der Waals surface area contributed by atoms with E-state index in [1.807, 2.05) is 30.3 Å². The normalized spacial score (nSPS) is 12.3. The Morgan fingerprint density at radius 1 is 1.21 bits per heavy atom. The van der Waals surface area contributed by atoms with Gasteiger partial charge in [0.15, 0.2) is 11.5 Å². The summed E-state index contributed by atoms with van der Waals surface area (Å²) in [5.74, 6) is 0.109. The van der Waals surface area contributed by atoms with Gasteiger partial charge in [-0.25, -0.2) is 4.79 Å². The van der Waals surface area contributed by atoms with E-state index in [1.54, 1.807) is 6.08 Å². The van der Waals surface area contributed by atoms with Gasteiger partial charge < -0.3 is 14.2 Å². The molecule has 0 aliphatic carbocycles. The Morgan fingerprint density at radius 2 is 1.92 bits per heavy atom. The second kappa shape index (κ2) is 6.82. The van der Waals surface area contributed by atoms with Crippen LogP contribution < -0.4 is 9.47 Å². The molecule has 0 saturated carbocycles. The lowest BCUT2D eigenvalue weighted by molar-refractivity contribution is -0.385. The lowest BCUT2D eigenvalue weighted by Gasteiger charge is -2.05. The number of ether oxygens (including phenoxy) is 3. The number of rotatable bonds is 5. The highest BCUT2D eigenvalue weighted by atomic mass is 16.7. The molecule has 1 aliphatic rings. The van der Waals surface area contributed by atoms with Crippen LogP contribution in [0.15, 0.2) is 48.5 Å². The van der Waals surface area contributed by atoms with E-state index in [0.29, 0.717) is 11.5 Å². The van der Waals surface area contributed by atoms with E-state index in [-0.39, 0.29) is 24.7 Å². The van der Waals surface area contributed by atoms with Crippen LogP contribution in [0, 0.1) is 10.1 Å². The molecule has 3 rings (SSSR count). The van der Waals surface area contributed by atoms with Gasteiger partial charge in [-0.3, -0.25) is 10.1 Å². The highest BCUT2D eigenvalue weighted by Gasteiger charge is 2.23. The first kappa shape index (κ1) is 15.5. The molecule has 0 spiro atoms. The van der Waals surface area contributed by atoms with Gasteiger partial charge in [-0.05, 0) is 17.7 Å². The Morgan fingerprint density at radius 3 is 2.62 bits per heavy atom. The molecule has 0 radical (unpaired) electrons. The average molecular weight is 327 g/mol. The number of esters is 1. The molecular weight excluding hydrogens is 314 g/mol. The summed E-state index contributed by atoms with van der Waals surface area (Å²) in [7, 11) is 0. The number of benzene rings is 2. The van der Waals surface area contributed by atoms with Crippen molar-refractivity contribution < 1.29 is 23.9 Å². The van der Waals surface area contributed by atoms with Crippen LogP contribution in [-0.2, 0) is 16.1 Å². The third-order valence-corrected chi connectivity index (χ3v) is 3.35. The Balaban J connectivity index is 1.69. The lowest BCUT2D eigenvalue weighted by Crippen LogP contribution is -2.03. The third kappa shape index (κ3) is 3.52. The maximum atomic E-state index is 11.8. The first-order valence-corrected chi connectivity index (χ1v) is 7.10. The number of fused-ring (bicyclic) bond motifs is 1. The maximum Gasteiger partial charge on any atom is 0.331 e. The van der Waals surface area contributed by atoms with Crippen molar-refractivity contribution >= 4 is 17.7 Å². The summed E-state index contributed by atoms with van der Waals surface area (Å²) in [6.45, 7) is -0.222. The van der Waals surface area contributed by atoms with Gasteiger partial charge in [0.05, 0.1) is 16.6 Å². The highest BCUT2D eigenvalue weighted by molar-refractivity contribution is 5.87. The zero-order valence-corrected chi connectivity index (χ0v) is 12.5. The largest absolute Gasteiger partial charge is 0.457 e. The van der Waals surface area contributed by atoms with E-state index in [2.05, 4.69) is 0 Å². The van der Waals surface area contributed by atoms with Crippen LogP contribution in [0.1, 0.15) is 11.1 Å². The summed E-state index contributed by atoms with van der Waals surface area (Å²) >= 11 is 0. The fourth-order valence-corrected chi connectivity index (χ4v) is 2.18. The van der Waals surface area contributed by atoms with Gasteiger partial charge >= 0.3 is 5.97 Å². The summed E-state index contributed by atoms with van der Waals surface area (Å²) in [5.41, 5.74) is 0.910. The van der Waals surface area contributed by atoms with Crippen LogP contribution in [0.3, 0.4) is 0 Å². The number of nitrogens with zero attached hydrogens (tertiary/aromatic N) is 1. The summed E-state index contributed by atoms with van der Waals surface area (Å²) in [6.07, 6.45) is 2.88. The smallest absolute Gasteiger partial charge is 0.331 e. The molecule has 0 atom stereocenters. The predicted molar refractivity (Wildman–Crippen MR) is 84.5 cm³/mol. The first-order valence-electron chi connectivity index (χ1n) is 7.10. The van der Waals surface area contributed by atoms with Crippen LogP contribution in [-0.4, -0.2) is 17.7 Å². The standard InChI is InChI=1S/C17H13NO6/c19-17(7-6-12-4-2-1-3-5-12)22-10-13-8-15-16(24-11-23-15)9-14(13)18(20)21/h1-9H,10-11H2/b7-6+. The molecule has 0 aromatic heterocycles. The molecule has 2 aromatic carbocycles. The van der Waals surface area contributed by atoms with Crippen LogP contribution >= 0.6 is 0 Å². The minimum atomic E-state index is -0.592. The van der Waals surface area contributed by atoms with Crippen LogP contribution in [0.2, 0.25) is 0 Å². The minimum absolute atomic E-state index is 0.00947. The van der Waals surface area contributed by atoms with Crippen molar-refractivity contribution in [3.05, 3.63) is 69.8 Å². The molecule has 7 nitrogen and oxygen atoms in total. The molecule has 0 fully saturated rings. The monoisotopic (exact) mass is 327 g/mol. The Hall–Kier alpha value is -3.35. The van der Waals surface area contributed by atoms with Gasteiger partial charge in [0, 0.05) is 6.08 Å². The van der Waals surface area contributed by atoms with Crippen molar-refractivity contribution in [2.75, 3.05) is 6.79 Å². The van der Waals surface area contributed by atoms with E-state index >= 15 is 0 Å². The van der Waals surface area contributed by atoms with Crippen molar-refractivity contribution in [3.8, 4) is 11.5 Å². The SMILES string of the molecule is O=C(/C=C/c1ccccc1)OCc1cc2c(cc1[N+](=O)[O-])OCO2. The Labute approximate surface area is 137 Å². The van der Waals surface area contributed by atoms with E-state index in [0.717, 1.165) is 5.56 Å². The molecule has 2 aromatic rings. The van der Waals surface area contributed by atoms with Gasteiger partial charge in [-0.2, -0.15) is 0 Å². The fourth-order valence-electron chi connectivity index (χ4n) is 2.18. The van der Waals surface area contributed by atoms with E-state index < -0.39 is 10.9 Å². The minimum Gasteiger partial charge on any atom is -0.457 e. The van der Waals surface area contributed by atoms with E-state index in [4.69, 9.17) is 14.2 Å². The van der Waals surface area contributed by atoms with Crippen molar-refractivity contribution in [3.63, 3.8) is 0 Å². The number of nitro benzene ring substituents is 1.